The first kappa shape index (κ1) is 18.7. The highest BCUT2D eigenvalue weighted by Crippen LogP contribution is 2.31. The second kappa shape index (κ2) is 7.26. The van der Waals surface area contributed by atoms with Crippen LogP contribution in [0.5, 0.6) is 0 Å². The Morgan fingerprint density at radius 1 is 1.11 bits per heavy atom. The predicted octanol–water partition coefficient (Wildman–Crippen LogP) is 3.92. The van der Waals surface area contributed by atoms with Gasteiger partial charge in [0.05, 0.1) is 24.0 Å². The van der Waals surface area contributed by atoms with Crippen LogP contribution in [0.1, 0.15) is 39.3 Å². The van der Waals surface area contributed by atoms with E-state index in [4.69, 9.17) is 0 Å². The van der Waals surface area contributed by atoms with Gasteiger partial charge in [-0.1, -0.05) is 30.3 Å². The first-order valence-corrected chi connectivity index (χ1v) is 8.95. The number of aryl methyl sites for hydroxylation is 1. The third-order valence-corrected chi connectivity index (χ3v) is 4.29. The van der Waals surface area contributed by atoms with Crippen molar-refractivity contribution in [3.8, 4) is 11.1 Å². The molecule has 0 bridgehead atoms. The molecule has 0 saturated carbocycles. The lowest BCUT2D eigenvalue weighted by molar-refractivity contribution is 0.249. The van der Waals surface area contributed by atoms with Gasteiger partial charge in [-0.25, -0.2) is 9.48 Å². The van der Waals surface area contributed by atoms with E-state index in [1.165, 1.54) is 0 Å². The van der Waals surface area contributed by atoms with Crippen molar-refractivity contribution in [2.75, 3.05) is 5.32 Å². The molecule has 3 rings (SSSR count). The summed E-state index contributed by atoms with van der Waals surface area (Å²) in [4.78, 5) is 12.7. The van der Waals surface area contributed by atoms with E-state index >= 15 is 0 Å². The quantitative estimate of drug-likeness (QED) is 0.735. The number of anilines is 1. The van der Waals surface area contributed by atoms with Crippen molar-refractivity contribution in [2.24, 2.45) is 7.05 Å². The number of amides is 2. The van der Waals surface area contributed by atoms with Gasteiger partial charge in [0, 0.05) is 24.4 Å². The van der Waals surface area contributed by atoms with Gasteiger partial charge in [0.15, 0.2) is 0 Å². The number of rotatable bonds is 4. The lowest BCUT2D eigenvalue weighted by atomic mass is 10.1. The van der Waals surface area contributed by atoms with Crippen molar-refractivity contribution in [2.45, 2.75) is 39.3 Å². The summed E-state index contributed by atoms with van der Waals surface area (Å²) in [7, 11) is 1.85. The molecule has 0 aliphatic carbocycles. The van der Waals surface area contributed by atoms with Gasteiger partial charge in [0.1, 0.15) is 5.82 Å². The van der Waals surface area contributed by atoms with Gasteiger partial charge in [0.25, 0.3) is 0 Å². The minimum atomic E-state index is -0.283. The molecule has 2 heterocycles. The molecule has 7 heteroatoms. The molecular weight excluding hydrogens is 340 g/mol. The molecule has 3 aromatic rings. The molecule has 2 N–H and O–H groups in total. The summed E-state index contributed by atoms with van der Waals surface area (Å²) in [6.07, 6.45) is 5.43. The third kappa shape index (κ3) is 4.19. The monoisotopic (exact) mass is 366 g/mol. The number of carbonyl (C=O) groups excluding carboxylic acids is 1. The van der Waals surface area contributed by atoms with Crippen LogP contribution in [0.15, 0.2) is 48.9 Å². The predicted molar refractivity (Wildman–Crippen MR) is 106 cm³/mol. The summed E-state index contributed by atoms with van der Waals surface area (Å²) >= 11 is 0. The van der Waals surface area contributed by atoms with E-state index < -0.39 is 0 Å². The second-order valence-electron chi connectivity index (χ2n) is 7.62. The summed E-state index contributed by atoms with van der Waals surface area (Å²) in [6, 6.07) is 9.47. The van der Waals surface area contributed by atoms with E-state index in [0.29, 0.717) is 5.82 Å². The molecule has 27 heavy (non-hydrogen) atoms. The summed E-state index contributed by atoms with van der Waals surface area (Å²) in [5.74, 6) is 0.671. The Balaban J connectivity index is 1.86. The highest BCUT2D eigenvalue weighted by molar-refractivity contribution is 5.93. The molecule has 1 aromatic carbocycles. The number of carbonyl (C=O) groups is 1. The standard InChI is InChI=1S/C20H26N6O/c1-14(16-11-21-25(5)13-16)23-19(27)24-18-17(15-9-7-6-8-10-15)12-22-26(18)20(2,3)4/h6-14H,1-5H3,(H2,23,24,27)/t14-/m1/s1. The molecule has 0 spiro atoms. The van der Waals surface area contributed by atoms with E-state index in [0.717, 1.165) is 16.7 Å². The highest BCUT2D eigenvalue weighted by Gasteiger charge is 2.23. The molecule has 2 aromatic heterocycles. The van der Waals surface area contributed by atoms with E-state index in [1.807, 2.05) is 55.2 Å². The van der Waals surface area contributed by atoms with Gasteiger partial charge in [0.2, 0.25) is 0 Å². The average Bonchev–Trinajstić information content (AvgIpc) is 3.21. The van der Waals surface area contributed by atoms with Crippen LogP contribution >= 0.6 is 0 Å². The zero-order valence-corrected chi connectivity index (χ0v) is 16.4. The van der Waals surface area contributed by atoms with Crippen molar-refractivity contribution in [1.29, 1.82) is 0 Å². The maximum absolute atomic E-state index is 12.7. The van der Waals surface area contributed by atoms with Crippen molar-refractivity contribution in [3.63, 3.8) is 0 Å². The van der Waals surface area contributed by atoms with Crippen LogP contribution in [0.25, 0.3) is 11.1 Å². The number of benzene rings is 1. The Labute approximate surface area is 159 Å². The summed E-state index contributed by atoms with van der Waals surface area (Å²) in [5.41, 5.74) is 2.56. The maximum atomic E-state index is 12.7. The lowest BCUT2D eigenvalue weighted by Crippen LogP contribution is -2.34. The first-order chi connectivity index (χ1) is 12.8. The number of aromatic nitrogens is 4. The number of nitrogens with zero attached hydrogens (tertiary/aromatic N) is 4. The van der Waals surface area contributed by atoms with E-state index in [1.54, 1.807) is 17.1 Å². The van der Waals surface area contributed by atoms with Gasteiger partial charge in [-0.15, -0.1) is 0 Å². The van der Waals surface area contributed by atoms with Crippen LogP contribution < -0.4 is 10.6 Å². The van der Waals surface area contributed by atoms with Gasteiger partial charge >= 0.3 is 6.03 Å². The molecule has 2 amide bonds. The van der Waals surface area contributed by atoms with Crippen molar-refractivity contribution in [1.82, 2.24) is 24.9 Å². The molecule has 0 saturated heterocycles. The van der Waals surface area contributed by atoms with Crippen molar-refractivity contribution >= 4 is 11.8 Å². The minimum absolute atomic E-state index is 0.162. The van der Waals surface area contributed by atoms with Crippen molar-refractivity contribution in [3.05, 3.63) is 54.5 Å². The summed E-state index contributed by atoms with van der Waals surface area (Å²) in [5, 5.41) is 14.6. The molecule has 0 fully saturated rings. The Hall–Kier alpha value is -3.09. The van der Waals surface area contributed by atoms with Crippen LogP contribution in [-0.4, -0.2) is 25.6 Å². The topological polar surface area (TPSA) is 76.8 Å². The molecule has 0 aliphatic heterocycles. The zero-order valence-electron chi connectivity index (χ0n) is 16.4. The summed E-state index contributed by atoms with van der Waals surface area (Å²) < 4.78 is 3.55. The van der Waals surface area contributed by atoms with Gasteiger partial charge in [-0.05, 0) is 33.3 Å². The van der Waals surface area contributed by atoms with Gasteiger partial charge in [-0.3, -0.25) is 10.00 Å². The fourth-order valence-corrected chi connectivity index (χ4v) is 2.89. The van der Waals surface area contributed by atoms with Gasteiger partial charge in [-0.2, -0.15) is 10.2 Å². The minimum Gasteiger partial charge on any atom is -0.331 e. The van der Waals surface area contributed by atoms with E-state index in [-0.39, 0.29) is 17.6 Å². The zero-order chi connectivity index (χ0) is 19.6. The third-order valence-electron chi connectivity index (χ3n) is 4.29. The van der Waals surface area contributed by atoms with Crippen LogP contribution in [0.3, 0.4) is 0 Å². The van der Waals surface area contributed by atoms with Crippen molar-refractivity contribution < 1.29 is 4.79 Å². The molecule has 0 aliphatic rings. The number of nitrogens with one attached hydrogen (secondary N) is 2. The molecule has 1 atom stereocenters. The Bertz CT molecular complexity index is 920. The Morgan fingerprint density at radius 3 is 2.41 bits per heavy atom. The Morgan fingerprint density at radius 2 is 1.81 bits per heavy atom. The molecule has 7 nitrogen and oxygen atoms in total. The van der Waals surface area contributed by atoms with Crippen LogP contribution in [0.2, 0.25) is 0 Å². The number of urea groups is 1. The van der Waals surface area contributed by atoms with E-state index in [9.17, 15) is 4.79 Å². The fraction of sp³-hybridized carbons (Fsp3) is 0.350. The first-order valence-electron chi connectivity index (χ1n) is 8.95. The number of hydrogen-bond acceptors (Lipinski definition) is 3. The average molecular weight is 366 g/mol. The fourth-order valence-electron chi connectivity index (χ4n) is 2.89. The van der Waals surface area contributed by atoms with Crippen LogP contribution in [0, 0.1) is 0 Å². The SMILES string of the molecule is C[C@@H](NC(=O)Nc1c(-c2ccccc2)cnn1C(C)(C)C)c1cnn(C)c1. The normalized spacial score (nSPS) is 12.6. The smallest absolute Gasteiger partial charge is 0.320 e. The molecular formula is C20H26N6O. The Kier molecular flexibility index (Phi) is 5.03. The van der Waals surface area contributed by atoms with E-state index in [2.05, 4.69) is 41.6 Å². The summed E-state index contributed by atoms with van der Waals surface area (Å²) in [6.45, 7) is 8.08. The second-order valence-corrected chi connectivity index (χ2v) is 7.62. The van der Waals surface area contributed by atoms with Crippen LogP contribution in [0.4, 0.5) is 10.6 Å². The lowest BCUT2D eigenvalue weighted by Gasteiger charge is -2.23. The van der Waals surface area contributed by atoms with Crippen LogP contribution in [-0.2, 0) is 12.6 Å². The molecule has 0 unspecified atom stereocenters. The largest absolute Gasteiger partial charge is 0.331 e. The number of hydrogen-bond donors (Lipinski definition) is 2. The van der Waals surface area contributed by atoms with Gasteiger partial charge < -0.3 is 5.32 Å². The molecule has 0 radical (unpaired) electrons. The highest BCUT2D eigenvalue weighted by atomic mass is 16.2. The maximum Gasteiger partial charge on any atom is 0.320 e. The molecule has 142 valence electrons.